The molecule has 0 spiro atoms. The summed E-state index contributed by atoms with van der Waals surface area (Å²) in [4.78, 5) is 8.73. The SMILES string of the molecule is Cc1ccc(CN=C(N)NCCc2ccccn2)c(OC2CCOC2)c1.I. The van der Waals surface area contributed by atoms with E-state index in [-0.39, 0.29) is 30.1 Å². The number of hydrogen-bond acceptors (Lipinski definition) is 4. The van der Waals surface area contributed by atoms with E-state index in [1.807, 2.05) is 30.3 Å². The van der Waals surface area contributed by atoms with Crippen molar-refractivity contribution in [2.75, 3.05) is 19.8 Å². The van der Waals surface area contributed by atoms with Gasteiger partial charge in [-0.05, 0) is 30.7 Å². The highest BCUT2D eigenvalue weighted by atomic mass is 127. The molecule has 0 radical (unpaired) electrons. The highest BCUT2D eigenvalue weighted by Gasteiger charge is 2.18. The molecule has 1 aliphatic rings. The molecule has 2 aromatic rings. The Morgan fingerprint density at radius 1 is 1.37 bits per heavy atom. The summed E-state index contributed by atoms with van der Waals surface area (Å²) in [5.41, 5.74) is 9.20. The van der Waals surface area contributed by atoms with Crippen molar-refractivity contribution in [3.8, 4) is 5.75 Å². The average Bonchev–Trinajstić information content (AvgIpc) is 3.15. The van der Waals surface area contributed by atoms with Gasteiger partial charge in [-0.2, -0.15) is 0 Å². The third-order valence-electron chi connectivity index (χ3n) is 4.24. The average molecular weight is 482 g/mol. The monoisotopic (exact) mass is 482 g/mol. The number of nitrogens with two attached hydrogens (primary N) is 1. The van der Waals surface area contributed by atoms with Gasteiger partial charge in [0, 0.05) is 36.8 Å². The molecule has 0 amide bonds. The first-order chi connectivity index (χ1) is 12.7. The van der Waals surface area contributed by atoms with Crippen LogP contribution in [0.5, 0.6) is 5.75 Å². The Morgan fingerprint density at radius 3 is 3.00 bits per heavy atom. The van der Waals surface area contributed by atoms with Crippen LogP contribution in [0.4, 0.5) is 0 Å². The van der Waals surface area contributed by atoms with Gasteiger partial charge in [-0.25, -0.2) is 4.99 Å². The van der Waals surface area contributed by atoms with Crippen molar-refractivity contribution in [1.82, 2.24) is 10.3 Å². The Labute approximate surface area is 177 Å². The van der Waals surface area contributed by atoms with E-state index in [1.54, 1.807) is 6.20 Å². The number of pyridine rings is 1. The standard InChI is InChI=1S/C20H26N4O2.HI/c1-15-5-6-16(19(12-15)26-18-8-11-25-14-18)13-24-20(21)23-10-7-17-4-2-3-9-22-17;/h2-6,9,12,18H,7-8,10-11,13-14H2,1H3,(H3,21,23,24);1H. The van der Waals surface area contributed by atoms with Crippen molar-refractivity contribution < 1.29 is 9.47 Å². The Bertz CT molecular complexity index is 734. The highest BCUT2D eigenvalue weighted by molar-refractivity contribution is 14.0. The molecule has 1 atom stereocenters. The van der Waals surface area contributed by atoms with Crippen LogP contribution in [0.1, 0.15) is 23.2 Å². The number of nitrogens with one attached hydrogen (secondary N) is 1. The number of benzene rings is 1. The lowest BCUT2D eigenvalue weighted by molar-refractivity contribution is 0.140. The number of guanidine groups is 1. The van der Waals surface area contributed by atoms with E-state index in [0.717, 1.165) is 42.0 Å². The predicted molar refractivity (Wildman–Crippen MR) is 118 cm³/mol. The molecular weight excluding hydrogens is 455 g/mol. The van der Waals surface area contributed by atoms with Crippen LogP contribution in [0.15, 0.2) is 47.6 Å². The molecule has 1 fully saturated rings. The van der Waals surface area contributed by atoms with Gasteiger partial charge in [0.15, 0.2) is 5.96 Å². The second-order valence-corrected chi connectivity index (χ2v) is 6.41. The van der Waals surface area contributed by atoms with Crippen molar-refractivity contribution >= 4 is 29.9 Å². The van der Waals surface area contributed by atoms with E-state index in [9.17, 15) is 0 Å². The van der Waals surface area contributed by atoms with Crippen molar-refractivity contribution in [2.45, 2.75) is 32.4 Å². The summed E-state index contributed by atoms with van der Waals surface area (Å²) >= 11 is 0. The first kappa shape index (κ1) is 21.4. The highest BCUT2D eigenvalue weighted by Crippen LogP contribution is 2.24. The third kappa shape index (κ3) is 6.99. The number of aryl methyl sites for hydroxylation is 1. The van der Waals surface area contributed by atoms with Crippen LogP contribution < -0.4 is 15.8 Å². The molecule has 0 bridgehead atoms. The molecule has 6 nitrogen and oxygen atoms in total. The molecule has 3 N–H and O–H groups in total. The summed E-state index contributed by atoms with van der Waals surface area (Å²) in [6.07, 6.45) is 3.64. The van der Waals surface area contributed by atoms with E-state index < -0.39 is 0 Å². The molecule has 1 aromatic carbocycles. The zero-order valence-electron chi connectivity index (χ0n) is 15.6. The maximum atomic E-state index is 6.09. The van der Waals surface area contributed by atoms with Gasteiger partial charge in [-0.3, -0.25) is 4.98 Å². The Kier molecular flexibility index (Phi) is 8.80. The van der Waals surface area contributed by atoms with E-state index in [2.05, 4.69) is 28.3 Å². The van der Waals surface area contributed by atoms with Gasteiger partial charge in [0.05, 0.1) is 19.8 Å². The zero-order valence-corrected chi connectivity index (χ0v) is 17.9. The zero-order chi connectivity index (χ0) is 18.2. The predicted octanol–water partition coefficient (Wildman–Crippen LogP) is 2.82. The lowest BCUT2D eigenvalue weighted by atomic mass is 10.1. The van der Waals surface area contributed by atoms with Crippen molar-refractivity contribution in [3.05, 3.63) is 59.4 Å². The summed E-state index contributed by atoms with van der Waals surface area (Å²) in [5.74, 6) is 1.29. The summed E-state index contributed by atoms with van der Waals surface area (Å²) < 4.78 is 11.5. The third-order valence-corrected chi connectivity index (χ3v) is 4.24. The molecule has 1 aliphatic heterocycles. The molecule has 1 saturated heterocycles. The number of aliphatic imine (C=N–C) groups is 1. The van der Waals surface area contributed by atoms with Crippen molar-refractivity contribution in [2.24, 2.45) is 10.7 Å². The maximum absolute atomic E-state index is 6.09. The van der Waals surface area contributed by atoms with Gasteiger partial charge in [0.1, 0.15) is 11.9 Å². The molecule has 2 heterocycles. The maximum Gasteiger partial charge on any atom is 0.188 e. The number of aromatic nitrogens is 1. The minimum absolute atomic E-state index is 0. The Hall–Kier alpha value is -1.87. The van der Waals surface area contributed by atoms with Crippen LogP contribution in [0.25, 0.3) is 0 Å². The molecular formula is C20H27IN4O2. The summed E-state index contributed by atoms with van der Waals surface area (Å²) in [5, 5.41) is 3.13. The number of rotatable bonds is 7. The van der Waals surface area contributed by atoms with E-state index in [0.29, 0.717) is 25.7 Å². The van der Waals surface area contributed by atoms with E-state index in [1.165, 1.54) is 0 Å². The molecule has 3 rings (SSSR count). The van der Waals surface area contributed by atoms with Crippen LogP contribution >= 0.6 is 24.0 Å². The molecule has 1 unspecified atom stereocenters. The van der Waals surface area contributed by atoms with Crippen LogP contribution in [0.2, 0.25) is 0 Å². The van der Waals surface area contributed by atoms with Gasteiger partial charge >= 0.3 is 0 Å². The fraction of sp³-hybridized carbons (Fsp3) is 0.400. The van der Waals surface area contributed by atoms with Gasteiger partial charge in [0.25, 0.3) is 0 Å². The first-order valence-corrected chi connectivity index (χ1v) is 8.98. The van der Waals surface area contributed by atoms with Gasteiger partial charge < -0.3 is 20.5 Å². The largest absolute Gasteiger partial charge is 0.488 e. The number of halogens is 1. The number of hydrogen-bond donors (Lipinski definition) is 2. The molecule has 27 heavy (non-hydrogen) atoms. The Balaban J connectivity index is 0.00000261. The Morgan fingerprint density at radius 2 is 2.26 bits per heavy atom. The van der Waals surface area contributed by atoms with E-state index >= 15 is 0 Å². The van der Waals surface area contributed by atoms with E-state index in [4.69, 9.17) is 15.2 Å². The fourth-order valence-corrected chi connectivity index (χ4v) is 2.78. The van der Waals surface area contributed by atoms with Crippen LogP contribution in [-0.2, 0) is 17.7 Å². The molecule has 0 saturated carbocycles. The second-order valence-electron chi connectivity index (χ2n) is 6.41. The summed E-state index contributed by atoms with van der Waals surface area (Å²) in [7, 11) is 0. The minimum Gasteiger partial charge on any atom is -0.488 e. The first-order valence-electron chi connectivity index (χ1n) is 8.98. The molecule has 146 valence electrons. The van der Waals surface area contributed by atoms with Gasteiger partial charge in [-0.15, -0.1) is 24.0 Å². The lowest BCUT2D eigenvalue weighted by Gasteiger charge is -2.15. The van der Waals surface area contributed by atoms with Crippen LogP contribution in [-0.4, -0.2) is 36.8 Å². The quantitative estimate of drug-likeness (QED) is 0.361. The van der Waals surface area contributed by atoms with Crippen molar-refractivity contribution in [3.63, 3.8) is 0 Å². The fourth-order valence-electron chi connectivity index (χ4n) is 2.78. The second kappa shape index (κ2) is 11.1. The topological polar surface area (TPSA) is 81.8 Å². The molecule has 7 heteroatoms. The van der Waals surface area contributed by atoms with Crippen molar-refractivity contribution in [1.29, 1.82) is 0 Å². The van der Waals surface area contributed by atoms with Crippen LogP contribution in [0, 0.1) is 6.92 Å². The van der Waals surface area contributed by atoms with Gasteiger partial charge in [0.2, 0.25) is 0 Å². The summed E-state index contributed by atoms with van der Waals surface area (Å²) in [6.45, 7) is 4.64. The smallest absolute Gasteiger partial charge is 0.188 e. The number of ether oxygens (including phenoxy) is 2. The van der Waals surface area contributed by atoms with Gasteiger partial charge in [-0.1, -0.05) is 18.2 Å². The lowest BCUT2D eigenvalue weighted by Crippen LogP contribution is -2.33. The minimum atomic E-state index is 0. The number of nitrogens with zero attached hydrogens (tertiary/aromatic N) is 2. The normalized spacial score (nSPS) is 16.6. The molecule has 0 aliphatic carbocycles. The van der Waals surface area contributed by atoms with Crippen LogP contribution in [0.3, 0.4) is 0 Å². The molecule has 1 aromatic heterocycles. The summed E-state index contributed by atoms with van der Waals surface area (Å²) in [6, 6.07) is 12.0.